The number of aliphatic hydroxyl groups excluding tert-OH is 1. The van der Waals surface area contributed by atoms with Crippen molar-refractivity contribution in [2.45, 2.75) is 18.9 Å². The number of ether oxygens (including phenoxy) is 1. The Kier molecular flexibility index (Phi) is 3.85. The van der Waals surface area contributed by atoms with Crippen molar-refractivity contribution in [1.82, 2.24) is 5.32 Å². The highest BCUT2D eigenvalue weighted by Crippen LogP contribution is 2.30. The Bertz CT molecular complexity index is 522. The van der Waals surface area contributed by atoms with Gasteiger partial charge in [0.1, 0.15) is 0 Å². The number of hydrogen-bond donors (Lipinski definition) is 2. The number of fused-ring (bicyclic) bond motifs is 1. The van der Waals surface area contributed by atoms with E-state index in [-0.39, 0.29) is 18.6 Å². The van der Waals surface area contributed by atoms with Gasteiger partial charge in [0.15, 0.2) is 0 Å². The predicted molar refractivity (Wildman–Crippen MR) is 75.9 cm³/mol. The van der Waals surface area contributed by atoms with E-state index in [0.717, 1.165) is 24.0 Å². The molecule has 3 rings (SSSR count). The number of nitrogens with one attached hydrogen (secondary N) is 1. The van der Waals surface area contributed by atoms with Gasteiger partial charge >= 0.3 is 0 Å². The largest absolute Gasteiger partial charge is 0.394 e. The molecule has 0 aromatic heterocycles. The maximum absolute atomic E-state index is 12.4. The first-order valence-corrected chi connectivity index (χ1v) is 7.10. The first-order valence-electron chi connectivity index (χ1n) is 7.10. The van der Waals surface area contributed by atoms with E-state index in [1.54, 1.807) is 0 Å². The topological polar surface area (TPSA) is 58.6 Å². The highest BCUT2D eigenvalue weighted by molar-refractivity contribution is 6.00. The molecule has 1 heterocycles. The van der Waals surface area contributed by atoms with Crippen molar-refractivity contribution in [3.05, 3.63) is 47.1 Å². The highest BCUT2D eigenvalue weighted by atomic mass is 16.5. The van der Waals surface area contributed by atoms with Gasteiger partial charge in [0.05, 0.1) is 12.6 Å². The van der Waals surface area contributed by atoms with Crippen LogP contribution in [-0.2, 0) is 9.53 Å². The minimum absolute atomic E-state index is 0.0265. The van der Waals surface area contributed by atoms with Crippen LogP contribution >= 0.6 is 0 Å². The number of hydrogen-bond acceptors (Lipinski definition) is 3. The molecule has 1 saturated heterocycles. The SMILES string of the molecule is O=C(N[C@@H](CO)C1CCOCC1)C1=C2C=CC=C2C=C1. The van der Waals surface area contributed by atoms with Gasteiger partial charge in [-0.2, -0.15) is 0 Å². The van der Waals surface area contributed by atoms with Crippen molar-refractivity contribution >= 4 is 5.91 Å². The van der Waals surface area contributed by atoms with Crippen LogP contribution < -0.4 is 5.32 Å². The van der Waals surface area contributed by atoms with E-state index >= 15 is 0 Å². The Morgan fingerprint density at radius 3 is 2.90 bits per heavy atom. The first-order chi connectivity index (χ1) is 9.79. The highest BCUT2D eigenvalue weighted by Gasteiger charge is 2.27. The summed E-state index contributed by atoms with van der Waals surface area (Å²) in [5.74, 6) is 0.194. The fourth-order valence-electron chi connectivity index (χ4n) is 2.96. The van der Waals surface area contributed by atoms with Gasteiger partial charge in [-0.25, -0.2) is 0 Å². The van der Waals surface area contributed by atoms with Crippen molar-refractivity contribution in [1.29, 1.82) is 0 Å². The van der Waals surface area contributed by atoms with Crippen molar-refractivity contribution in [2.75, 3.05) is 19.8 Å². The zero-order valence-electron chi connectivity index (χ0n) is 11.3. The number of allylic oxidation sites excluding steroid dienone is 6. The van der Waals surface area contributed by atoms with Gasteiger partial charge in [-0.05, 0) is 36.0 Å². The van der Waals surface area contributed by atoms with Gasteiger partial charge in [0.2, 0.25) is 0 Å². The molecular weight excluding hydrogens is 254 g/mol. The maximum Gasteiger partial charge on any atom is 0.252 e. The smallest absolute Gasteiger partial charge is 0.252 e. The molecule has 0 bridgehead atoms. The van der Waals surface area contributed by atoms with E-state index in [1.807, 2.05) is 30.4 Å². The van der Waals surface area contributed by atoms with Crippen LogP contribution in [0.3, 0.4) is 0 Å². The van der Waals surface area contributed by atoms with Gasteiger partial charge in [-0.1, -0.05) is 24.3 Å². The number of rotatable bonds is 4. The van der Waals surface area contributed by atoms with Gasteiger partial charge in [-0.15, -0.1) is 0 Å². The monoisotopic (exact) mass is 273 g/mol. The van der Waals surface area contributed by atoms with Crippen LogP contribution in [0.2, 0.25) is 0 Å². The van der Waals surface area contributed by atoms with E-state index in [4.69, 9.17) is 4.74 Å². The molecule has 0 radical (unpaired) electrons. The van der Waals surface area contributed by atoms with Crippen LogP contribution in [0.5, 0.6) is 0 Å². The molecular formula is C16H19NO3. The van der Waals surface area contributed by atoms with Crippen molar-refractivity contribution < 1.29 is 14.6 Å². The molecule has 2 N–H and O–H groups in total. The molecule has 0 aromatic rings. The molecule has 1 atom stereocenters. The third-order valence-corrected chi connectivity index (χ3v) is 4.16. The molecule has 1 amide bonds. The lowest BCUT2D eigenvalue weighted by atomic mass is 9.92. The van der Waals surface area contributed by atoms with Crippen LogP contribution in [-0.4, -0.2) is 36.9 Å². The van der Waals surface area contributed by atoms with Crippen molar-refractivity contribution in [3.8, 4) is 0 Å². The zero-order chi connectivity index (χ0) is 13.9. The minimum Gasteiger partial charge on any atom is -0.394 e. The van der Waals surface area contributed by atoms with Gasteiger partial charge < -0.3 is 15.2 Å². The summed E-state index contributed by atoms with van der Waals surface area (Å²) in [5, 5.41) is 12.5. The summed E-state index contributed by atoms with van der Waals surface area (Å²) in [6.07, 6.45) is 11.5. The Balaban J connectivity index is 1.69. The fraction of sp³-hybridized carbons (Fsp3) is 0.438. The Labute approximate surface area is 118 Å². The Morgan fingerprint density at radius 2 is 2.15 bits per heavy atom. The molecule has 4 heteroatoms. The summed E-state index contributed by atoms with van der Waals surface area (Å²) < 4.78 is 5.32. The summed E-state index contributed by atoms with van der Waals surface area (Å²) in [7, 11) is 0. The molecule has 106 valence electrons. The third kappa shape index (κ3) is 2.49. The lowest BCUT2D eigenvalue weighted by Gasteiger charge is -2.29. The molecule has 4 nitrogen and oxygen atoms in total. The average Bonchev–Trinajstić information content (AvgIpc) is 3.08. The van der Waals surface area contributed by atoms with E-state index < -0.39 is 0 Å². The van der Waals surface area contributed by atoms with Crippen molar-refractivity contribution in [3.63, 3.8) is 0 Å². The standard InChI is InChI=1S/C16H19NO3/c18-10-15(12-6-8-20-9-7-12)17-16(19)14-5-4-11-2-1-3-13(11)14/h1-5,12,15,18H,6-10H2,(H,17,19)/t15-/m0/s1. The number of carbonyl (C=O) groups is 1. The summed E-state index contributed by atoms with van der Waals surface area (Å²) in [6.45, 7) is 1.39. The summed E-state index contributed by atoms with van der Waals surface area (Å²) >= 11 is 0. The van der Waals surface area contributed by atoms with E-state index in [9.17, 15) is 9.90 Å². The van der Waals surface area contributed by atoms with Crippen LogP contribution in [0.4, 0.5) is 0 Å². The van der Waals surface area contributed by atoms with Gasteiger partial charge in [0, 0.05) is 18.8 Å². The quantitative estimate of drug-likeness (QED) is 0.810. The normalized spacial score (nSPS) is 22.9. The minimum atomic E-state index is -0.189. The lowest BCUT2D eigenvalue weighted by molar-refractivity contribution is -0.119. The number of carbonyl (C=O) groups excluding carboxylic acids is 1. The molecule has 0 aromatic carbocycles. The number of aliphatic hydroxyl groups is 1. The van der Waals surface area contributed by atoms with Crippen LogP contribution in [0.1, 0.15) is 12.8 Å². The number of amides is 1. The molecule has 3 aliphatic rings. The van der Waals surface area contributed by atoms with Gasteiger partial charge in [-0.3, -0.25) is 4.79 Å². The Hall–Kier alpha value is -1.65. The molecule has 1 aliphatic heterocycles. The molecule has 1 fully saturated rings. The molecule has 20 heavy (non-hydrogen) atoms. The van der Waals surface area contributed by atoms with Crippen LogP contribution in [0.15, 0.2) is 47.1 Å². The molecule has 0 unspecified atom stereocenters. The second-order valence-corrected chi connectivity index (χ2v) is 5.35. The summed E-state index contributed by atoms with van der Waals surface area (Å²) in [5.41, 5.74) is 2.75. The second-order valence-electron chi connectivity index (χ2n) is 5.35. The fourth-order valence-corrected chi connectivity index (χ4v) is 2.96. The zero-order valence-corrected chi connectivity index (χ0v) is 11.3. The average molecular weight is 273 g/mol. The lowest BCUT2D eigenvalue weighted by Crippen LogP contribution is -2.45. The second kappa shape index (κ2) is 5.77. The van der Waals surface area contributed by atoms with Gasteiger partial charge in [0.25, 0.3) is 5.91 Å². The maximum atomic E-state index is 12.4. The summed E-state index contributed by atoms with van der Waals surface area (Å²) in [6, 6.07) is -0.189. The molecule has 0 saturated carbocycles. The summed E-state index contributed by atoms with van der Waals surface area (Å²) in [4.78, 5) is 12.4. The predicted octanol–water partition coefficient (Wildman–Crippen LogP) is 1.25. The van der Waals surface area contributed by atoms with E-state index in [0.29, 0.717) is 24.7 Å². The van der Waals surface area contributed by atoms with Crippen molar-refractivity contribution in [2.24, 2.45) is 5.92 Å². The van der Waals surface area contributed by atoms with E-state index in [1.165, 1.54) is 0 Å². The van der Waals surface area contributed by atoms with E-state index in [2.05, 4.69) is 5.32 Å². The van der Waals surface area contributed by atoms with Crippen LogP contribution in [0, 0.1) is 5.92 Å². The third-order valence-electron chi connectivity index (χ3n) is 4.16. The first kappa shape index (κ1) is 13.3. The Morgan fingerprint density at radius 1 is 1.35 bits per heavy atom. The van der Waals surface area contributed by atoms with Crippen LogP contribution in [0.25, 0.3) is 0 Å². The molecule has 0 spiro atoms. The molecule has 2 aliphatic carbocycles.